The largest absolute Gasteiger partial charge is 0.377 e. The number of ether oxygens (including phenoxy) is 1. The summed E-state index contributed by atoms with van der Waals surface area (Å²) in [5, 5.41) is 4.18. The first-order valence-corrected chi connectivity index (χ1v) is 8.35. The normalized spacial score (nSPS) is 22.2. The van der Waals surface area contributed by atoms with Gasteiger partial charge in [-0.1, -0.05) is 0 Å². The van der Waals surface area contributed by atoms with Crippen molar-refractivity contribution in [2.75, 3.05) is 37.7 Å². The molecule has 2 aliphatic heterocycles. The molecule has 0 bridgehead atoms. The number of hydrogen-bond donors (Lipinski definition) is 0. The van der Waals surface area contributed by atoms with Crippen LogP contribution >= 0.6 is 0 Å². The number of amides is 1. The monoisotopic (exact) mass is 320 g/mol. The minimum atomic E-state index is -0.220. The van der Waals surface area contributed by atoms with Gasteiger partial charge >= 0.3 is 0 Å². The molecule has 23 heavy (non-hydrogen) atoms. The molecule has 2 aliphatic rings. The Hall–Kier alpha value is -1.89. The highest BCUT2D eigenvalue weighted by Crippen LogP contribution is 2.16. The van der Waals surface area contributed by atoms with Crippen LogP contribution in [0.2, 0.25) is 0 Å². The minimum Gasteiger partial charge on any atom is -0.377 e. The average molecular weight is 320 g/mol. The van der Waals surface area contributed by atoms with Crippen LogP contribution in [0.15, 0.2) is 17.1 Å². The second-order valence-electron chi connectivity index (χ2n) is 6.28. The number of anilines is 1. The quantitative estimate of drug-likeness (QED) is 0.810. The molecule has 1 unspecified atom stereocenters. The fraction of sp³-hybridized carbons (Fsp3) is 0.688. The molecule has 0 N–H and O–H groups in total. The lowest BCUT2D eigenvalue weighted by Crippen LogP contribution is -2.40. The van der Waals surface area contributed by atoms with Crippen molar-refractivity contribution in [2.24, 2.45) is 0 Å². The lowest BCUT2D eigenvalue weighted by atomic mass is 10.3. The summed E-state index contributed by atoms with van der Waals surface area (Å²) in [6.45, 7) is 5.80. The van der Waals surface area contributed by atoms with E-state index in [9.17, 15) is 9.59 Å². The van der Waals surface area contributed by atoms with E-state index in [1.807, 2.05) is 6.92 Å². The van der Waals surface area contributed by atoms with Gasteiger partial charge in [-0.15, -0.1) is 0 Å². The maximum absolute atomic E-state index is 12.4. The standard InChI is InChI=1S/C16H24N4O3/c1-13-11-19(7-4-8-23-13)16(22)12-20-15(21)9-14(10-17-20)18-5-2-3-6-18/h9-10,13H,2-8,11-12H2,1H3. The van der Waals surface area contributed by atoms with Crippen molar-refractivity contribution >= 4 is 11.6 Å². The summed E-state index contributed by atoms with van der Waals surface area (Å²) in [4.78, 5) is 28.6. The number of carbonyl (C=O) groups excluding carboxylic acids is 1. The number of aromatic nitrogens is 2. The highest BCUT2D eigenvalue weighted by Gasteiger charge is 2.21. The first kappa shape index (κ1) is 16.0. The molecule has 0 aromatic carbocycles. The maximum Gasteiger partial charge on any atom is 0.269 e. The Labute approximate surface area is 135 Å². The van der Waals surface area contributed by atoms with E-state index in [4.69, 9.17) is 4.74 Å². The van der Waals surface area contributed by atoms with Gasteiger partial charge < -0.3 is 14.5 Å². The zero-order chi connectivity index (χ0) is 16.2. The number of hydrogen-bond acceptors (Lipinski definition) is 5. The van der Waals surface area contributed by atoms with Gasteiger partial charge in [0, 0.05) is 38.9 Å². The van der Waals surface area contributed by atoms with E-state index < -0.39 is 0 Å². The summed E-state index contributed by atoms with van der Waals surface area (Å²) >= 11 is 0. The van der Waals surface area contributed by atoms with E-state index in [0.717, 1.165) is 38.0 Å². The zero-order valence-corrected chi connectivity index (χ0v) is 13.6. The molecular weight excluding hydrogens is 296 g/mol. The third-order valence-electron chi connectivity index (χ3n) is 4.42. The summed E-state index contributed by atoms with van der Waals surface area (Å²) in [5.41, 5.74) is 0.634. The van der Waals surface area contributed by atoms with E-state index in [1.54, 1.807) is 17.2 Å². The first-order valence-electron chi connectivity index (χ1n) is 8.35. The van der Waals surface area contributed by atoms with Crippen LogP contribution in [0, 0.1) is 0 Å². The number of rotatable bonds is 3. The van der Waals surface area contributed by atoms with Crippen molar-refractivity contribution in [1.29, 1.82) is 0 Å². The molecular formula is C16H24N4O3. The van der Waals surface area contributed by atoms with E-state index in [2.05, 4.69) is 10.00 Å². The van der Waals surface area contributed by atoms with Crippen LogP contribution < -0.4 is 10.5 Å². The van der Waals surface area contributed by atoms with Gasteiger partial charge in [-0.05, 0) is 26.2 Å². The predicted octanol–water partition coefficient (Wildman–Crippen LogP) is 0.481. The van der Waals surface area contributed by atoms with E-state index >= 15 is 0 Å². The molecule has 7 nitrogen and oxygen atoms in total. The van der Waals surface area contributed by atoms with Crippen molar-refractivity contribution < 1.29 is 9.53 Å². The molecule has 0 radical (unpaired) electrons. The Kier molecular flexibility index (Phi) is 4.95. The third-order valence-corrected chi connectivity index (χ3v) is 4.42. The van der Waals surface area contributed by atoms with Gasteiger partial charge in [0.1, 0.15) is 6.54 Å². The zero-order valence-electron chi connectivity index (χ0n) is 13.6. The molecule has 0 saturated carbocycles. The van der Waals surface area contributed by atoms with Crippen molar-refractivity contribution in [3.05, 3.63) is 22.6 Å². The van der Waals surface area contributed by atoms with Crippen molar-refractivity contribution in [3.8, 4) is 0 Å². The molecule has 0 aliphatic carbocycles. The lowest BCUT2D eigenvalue weighted by molar-refractivity contribution is -0.132. The molecule has 2 saturated heterocycles. The van der Waals surface area contributed by atoms with Crippen LogP contribution in [-0.2, 0) is 16.1 Å². The van der Waals surface area contributed by atoms with Crippen LogP contribution in [0.25, 0.3) is 0 Å². The highest BCUT2D eigenvalue weighted by molar-refractivity contribution is 5.76. The fourth-order valence-corrected chi connectivity index (χ4v) is 3.14. The SMILES string of the molecule is CC1CN(C(=O)Cn2ncc(N3CCCC3)cc2=O)CCCO1. The summed E-state index contributed by atoms with van der Waals surface area (Å²) in [6, 6.07) is 1.58. The Morgan fingerprint density at radius 3 is 2.83 bits per heavy atom. The van der Waals surface area contributed by atoms with Gasteiger partial charge in [0.25, 0.3) is 5.56 Å². The molecule has 7 heteroatoms. The summed E-state index contributed by atoms with van der Waals surface area (Å²) in [6.07, 6.45) is 4.84. The van der Waals surface area contributed by atoms with Gasteiger partial charge in [-0.3, -0.25) is 9.59 Å². The van der Waals surface area contributed by atoms with Gasteiger partial charge in [0.15, 0.2) is 0 Å². The van der Waals surface area contributed by atoms with Crippen LogP contribution in [-0.4, -0.2) is 59.5 Å². The number of nitrogens with zero attached hydrogens (tertiary/aromatic N) is 4. The topological polar surface area (TPSA) is 67.7 Å². The average Bonchev–Trinajstić information content (AvgIpc) is 2.98. The number of carbonyl (C=O) groups is 1. The molecule has 0 spiro atoms. The molecule has 1 amide bonds. The van der Waals surface area contributed by atoms with Gasteiger partial charge in [0.05, 0.1) is 18.0 Å². The Balaban J connectivity index is 1.67. The van der Waals surface area contributed by atoms with Crippen molar-refractivity contribution in [3.63, 3.8) is 0 Å². The van der Waals surface area contributed by atoms with Crippen LogP contribution in [0.4, 0.5) is 5.69 Å². The summed E-state index contributed by atoms with van der Waals surface area (Å²) < 4.78 is 6.79. The summed E-state index contributed by atoms with van der Waals surface area (Å²) in [7, 11) is 0. The Morgan fingerprint density at radius 1 is 1.30 bits per heavy atom. The molecule has 3 heterocycles. The molecule has 1 aromatic heterocycles. The Bertz CT molecular complexity index is 610. The van der Waals surface area contributed by atoms with E-state index in [0.29, 0.717) is 19.7 Å². The second kappa shape index (κ2) is 7.12. The molecule has 1 atom stereocenters. The van der Waals surface area contributed by atoms with Gasteiger partial charge in [0.2, 0.25) is 5.91 Å². The minimum absolute atomic E-state index is 0.00810. The van der Waals surface area contributed by atoms with E-state index in [-0.39, 0.29) is 24.1 Å². The van der Waals surface area contributed by atoms with Gasteiger partial charge in [-0.2, -0.15) is 5.10 Å². The van der Waals surface area contributed by atoms with Gasteiger partial charge in [-0.25, -0.2) is 4.68 Å². The van der Waals surface area contributed by atoms with E-state index in [1.165, 1.54) is 4.68 Å². The molecule has 126 valence electrons. The smallest absolute Gasteiger partial charge is 0.269 e. The van der Waals surface area contributed by atoms with Crippen molar-refractivity contribution in [1.82, 2.24) is 14.7 Å². The fourth-order valence-electron chi connectivity index (χ4n) is 3.14. The highest BCUT2D eigenvalue weighted by atomic mass is 16.5. The van der Waals surface area contributed by atoms with Crippen molar-refractivity contribution in [2.45, 2.75) is 38.8 Å². The third kappa shape index (κ3) is 3.90. The lowest BCUT2D eigenvalue weighted by Gasteiger charge is -2.22. The maximum atomic E-state index is 12.4. The summed E-state index contributed by atoms with van der Waals surface area (Å²) in [5.74, 6) is -0.0779. The van der Waals surface area contributed by atoms with Crippen LogP contribution in [0.1, 0.15) is 26.2 Å². The molecule has 2 fully saturated rings. The molecule has 3 rings (SSSR count). The first-order chi connectivity index (χ1) is 11.1. The molecule has 1 aromatic rings. The predicted molar refractivity (Wildman–Crippen MR) is 86.6 cm³/mol. The second-order valence-corrected chi connectivity index (χ2v) is 6.28. The van der Waals surface area contributed by atoms with Crippen LogP contribution in [0.3, 0.4) is 0 Å². The Morgan fingerprint density at radius 2 is 2.09 bits per heavy atom. The van der Waals surface area contributed by atoms with Crippen LogP contribution in [0.5, 0.6) is 0 Å².